The SMILES string of the molecule is CCc1ccccc1-n1c(=O)c2nccn2c2ccc(Cl)cc21. The number of hydrogen-bond donors (Lipinski definition) is 0. The van der Waals surface area contributed by atoms with Crippen LogP contribution < -0.4 is 5.56 Å². The van der Waals surface area contributed by atoms with E-state index >= 15 is 0 Å². The quantitative estimate of drug-likeness (QED) is 0.562. The van der Waals surface area contributed by atoms with Crippen molar-refractivity contribution in [1.29, 1.82) is 0 Å². The van der Waals surface area contributed by atoms with Gasteiger partial charge >= 0.3 is 0 Å². The van der Waals surface area contributed by atoms with E-state index in [0.29, 0.717) is 10.7 Å². The monoisotopic (exact) mass is 323 g/mol. The minimum atomic E-state index is -0.148. The average Bonchev–Trinajstić information content (AvgIpc) is 3.05. The molecule has 0 N–H and O–H groups in total. The number of hydrogen-bond acceptors (Lipinski definition) is 2. The Morgan fingerprint density at radius 2 is 1.96 bits per heavy atom. The van der Waals surface area contributed by atoms with Gasteiger partial charge in [-0.3, -0.25) is 13.8 Å². The fourth-order valence-electron chi connectivity index (χ4n) is 3.01. The summed E-state index contributed by atoms with van der Waals surface area (Å²) < 4.78 is 3.52. The zero-order valence-electron chi connectivity index (χ0n) is 12.5. The van der Waals surface area contributed by atoms with Crippen LogP contribution in [0.5, 0.6) is 0 Å². The van der Waals surface area contributed by atoms with Crippen molar-refractivity contribution in [2.24, 2.45) is 0 Å². The van der Waals surface area contributed by atoms with Crippen LogP contribution in [0, 0.1) is 0 Å². The Kier molecular flexibility index (Phi) is 3.20. The number of aromatic nitrogens is 3. The Hall–Kier alpha value is -2.59. The van der Waals surface area contributed by atoms with Crippen LogP contribution in [-0.4, -0.2) is 14.0 Å². The summed E-state index contributed by atoms with van der Waals surface area (Å²) in [7, 11) is 0. The third-order valence-electron chi connectivity index (χ3n) is 4.09. The summed E-state index contributed by atoms with van der Waals surface area (Å²) in [4.78, 5) is 17.2. The number of fused-ring (bicyclic) bond motifs is 3. The Bertz CT molecular complexity index is 1090. The first-order valence-corrected chi connectivity index (χ1v) is 7.84. The topological polar surface area (TPSA) is 39.3 Å². The number of benzene rings is 2. The molecular weight excluding hydrogens is 310 g/mol. The predicted molar refractivity (Wildman–Crippen MR) is 92.7 cm³/mol. The Morgan fingerprint density at radius 1 is 1.13 bits per heavy atom. The van der Waals surface area contributed by atoms with Gasteiger partial charge in [0.1, 0.15) is 0 Å². The van der Waals surface area contributed by atoms with E-state index in [0.717, 1.165) is 28.7 Å². The second-order valence-corrected chi connectivity index (χ2v) is 5.81. The lowest BCUT2D eigenvalue weighted by atomic mass is 10.1. The average molecular weight is 324 g/mol. The molecule has 0 bridgehead atoms. The molecule has 0 radical (unpaired) electrons. The Balaban J connectivity index is 2.26. The molecule has 0 aliphatic heterocycles. The zero-order chi connectivity index (χ0) is 16.0. The number of nitrogens with zero attached hydrogens (tertiary/aromatic N) is 3. The maximum atomic E-state index is 13.0. The normalized spacial score (nSPS) is 11.4. The lowest BCUT2D eigenvalue weighted by Crippen LogP contribution is -2.22. The van der Waals surface area contributed by atoms with E-state index < -0.39 is 0 Å². The van der Waals surface area contributed by atoms with E-state index in [1.165, 1.54) is 0 Å². The predicted octanol–water partition coefficient (Wildman–Crippen LogP) is 3.85. The highest BCUT2D eigenvalue weighted by Crippen LogP contribution is 2.23. The first-order valence-electron chi connectivity index (χ1n) is 7.46. The van der Waals surface area contributed by atoms with Gasteiger partial charge in [-0.05, 0) is 36.2 Å². The third-order valence-corrected chi connectivity index (χ3v) is 4.32. The smallest absolute Gasteiger partial charge is 0.294 e. The summed E-state index contributed by atoms with van der Waals surface area (Å²) >= 11 is 6.19. The van der Waals surface area contributed by atoms with E-state index in [1.807, 2.05) is 42.5 Å². The van der Waals surface area contributed by atoms with Gasteiger partial charge in [-0.25, -0.2) is 4.98 Å². The van der Waals surface area contributed by atoms with Gasteiger partial charge in [-0.15, -0.1) is 0 Å². The molecule has 0 aliphatic carbocycles. The molecule has 23 heavy (non-hydrogen) atoms. The number of para-hydroxylation sites is 1. The molecule has 2 aromatic heterocycles. The van der Waals surface area contributed by atoms with Gasteiger partial charge in [0.05, 0.1) is 16.7 Å². The van der Waals surface area contributed by atoms with E-state index in [1.54, 1.807) is 21.4 Å². The summed E-state index contributed by atoms with van der Waals surface area (Å²) in [6.45, 7) is 2.08. The van der Waals surface area contributed by atoms with Gasteiger partial charge < -0.3 is 0 Å². The summed E-state index contributed by atoms with van der Waals surface area (Å²) in [6, 6.07) is 13.5. The lowest BCUT2D eigenvalue weighted by Gasteiger charge is -2.15. The number of imidazole rings is 1. The van der Waals surface area contributed by atoms with Crippen molar-refractivity contribution in [3.05, 3.63) is 75.8 Å². The van der Waals surface area contributed by atoms with Gasteiger partial charge in [-0.2, -0.15) is 0 Å². The summed E-state index contributed by atoms with van der Waals surface area (Å²) in [5.74, 6) is 0. The van der Waals surface area contributed by atoms with Crippen LogP contribution in [0.4, 0.5) is 0 Å². The Morgan fingerprint density at radius 3 is 2.78 bits per heavy atom. The highest BCUT2D eigenvalue weighted by atomic mass is 35.5. The highest BCUT2D eigenvalue weighted by molar-refractivity contribution is 6.31. The third kappa shape index (κ3) is 2.06. The highest BCUT2D eigenvalue weighted by Gasteiger charge is 2.15. The van der Waals surface area contributed by atoms with Gasteiger partial charge in [-0.1, -0.05) is 36.7 Å². The van der Waals surface area contributed by atoms with Crippen LogP contribution in [0.15, 0.2) is 59.7 Å². The van der Waals surface area contributed by atoms with E-state index in [4.69, 9.17) is 11.6 Å². The first kappa shape index (κ1) is 14.0. The summed E-state index contributed by atoms with van der Waals surface area (Å²) in [5, 5.41) is 0.596. The molecule has 2 heterocycles. The number of aryl methyl sites for hydroxylation is 1. The number of halogens is 1. The van der Waals surface area contributed by atoms with Crippen molar-refractivity contribution in [2.45, 2.75) is 13.3 Å². The second-order valence-electron chi connectivity index (χ2n) is 5.38. The van der Waals surface area contributed by atoms with Gasteiger partial charge in [0.15, 0.2) is 0 Å². The largest absolute Gasteiger partial charge is 0.299 e. The molecule has 5 heteroatoms. The van der Waals surface area contributed by atoms with Gasteiger partial charge in [0.2, 0.25) is 5.65 Å². The van der Waals surface area contributed by atoms with E-state index in [2.05, 4.69) is 11.9 Å². The van der Waals surface area contributed by atoms with Crippen molar-refractivity contribution in [3.63, 3.8) is 0 Å². The van der Waals surface area contributed by atoms with Crippen molar-refractivity contribution < 1.29 is 0 Å². The Labute approximate surface area is 137 Å². The molecule has 0 amide bonds. The maximum Gasteiger partial charge on any atom is 0.299 e. The summed E-state index contributed by atoms with van der Waals surface area (Å²) in [5.41, 5.74) is 3.90. The molecule has 0 unspecified atom stereocenters. The lowest BCUT2D eigenvalue weighted by molar-refractivity contribution is 0.979. The van der Waals surface area contributed by atoms with Gasteiger partial charge in [0, 0.05) is 17.4 Å². The van der Waals surface area contributed by atoms with Crippen LogP contribution in [0.2, 0.25) is 5.02 Å². The molecule has 2 aromatic carbocycles. The molecule has 0 saturated heterocycles. The van der Waals surface area contributed by atoms with E-state index in [-0.39, 0.29) is 5.56 Å². The molecule has 0 atom stereocenters. The van der Waals surface area contributed by atoms with Crippen molar-refractivity contribution in [3.8, 4) is 5.69 Å². The van der Waals surface area contributed by atoms with Crippen LogP contribution in [-0.2, 0) is 6.42 Å². The fraction of sp³-hybridized carbons (Fsp3) is 0.111. The summed E-state index contributed by atoms with van der Waals surface area (Å²) in [6.07, 6.45) is 4.27. The van der Waals surface area contributed by atoms with Gasteiger partial charge in [0.25, 0.3) is 5.56 Å². The first-order chi connectivity index (χ1) is 11.2. The fourth-order valence-corrected chi connectivity index (χ4v) is 3.18. The van der Waals surface area contributed by atoms with Crippen LogP contribution in [0.3, 0.4) is 0 Å². The van der Waals surface area contributed by atoms with Crippen molar-refractivity contribution in [2.75, 3.05) is 0 Å². The molecular formula is C18H14ClN3O. The molecule has 0 saturated carbocycles. The van der Waals surface area contributed by atoms with Crippen LogP contribution in [0.25, 0.3) is 22.4 Å². The van der Waals surface area contributed by atoms with Crippen molar-refractivity contribution >= 4 is 28.3 Å². The minimum absolute atomic E-state index is 0.148. The second kappa shape index (κ2) is 5.25. The van der Waals surface area contributed by atoms with E-state index in [9.17, 15) is 4.79 Å². The molecule has 4 rings (SSSR count). The number of rotatable bonds is 2. The molecule has 0 fully saturated rings. The van der Waals surface area contributed by atoms with Crippen molar-refractivity contribution in [1.82, 2.24) is 14.0 Å². The molecule has 114 valence electrons. The molecule has 4 nitrogen and oxygen atoms in total. The van der Waals surface area contributed by atoms with Crippen LogP contribution >= 0.6 is 11.6 Å². The molecule has 0 aliphatic rings. The van der Waals surface area contributed by atoms with Crippen LogP contribution in [0.1, 0.15) is 12.5 Å². The maximum absolute atomic E-state index is 13.0. The minimum Gasteiger partial charge on any atom is -0.294 e. The standard InChI is InChI=1S/C18H14ClN3O/c1-2-12-5-3-4-6-14(12)22-16-11-13(19)7-8-15(16)21-10-9-20-17(21)18(22)23/h3-11H,2H2,1H3. The molecule has 4 aromatic rings. The molecule has 0 spiro atoms. The zero-order valence-corrected chi connectivity index (χ0v) is 13.3.